The number of methoxy groups -OCH3 is 1. The number of carbonyl (C=O) groups is 1. The Hall–Kier alpha value is -3.05. The van der Waals surface area contributed by atoms with Gasteiger partial charge in [-0.15, -0.1) is 0 Å². The van der Waals surface area contributed by atoms with E-state index >= 15 is 0 Å². The van der Waals surface area contributed by atoms with Crippen molar-refractivity contribution in [1.82, 2.24) is 4.98 Å². The molecule has 0 bridgehead atoms. The summed E-state index contributed by atoms with van der Waals surface area (Å²) < 4.78 is 5.18. The molecule has 0 fully saturated rings. The van der Waals surface area contributed by atoms with E-state index in [-0.39, 0.29) is 5.56 Å². The average Bonchev–Trinajstić information content (AvgIpc) is 2.62. The van der Waals surface area contributed by atoms with Crippen LogP contribution in [0.2, 0.25) is 5.02 Å². The lowest BCUT2D eigenvalue weighted by molar-refractivity contribution is 0.102. The molecule has 1 amide bonds. The first-order chi connectivity index (χ1) is 12.1. The minimum atomic E-state index is -0.540. The van der Waals surface area contributed by atoms with Crippen molar-refractivity contribution >= 4 is 23.2 Å². The van der Waals surface area contributed by atoms with Gasteiger partial charge in [0.25, 0.3) is 11.5 Å². The van der Waals surface area contributed by atoms with Crippen LogP contribution in [0.1, 0.15) is 10.4 Å². The molecule has 0 saturated heterocycles. The monoisotopic (exact) mass is 354 g/mol. The molecule has 0 aliphatic rings. The predicted octanol–water partition coefficient (Wildman–Crippen LogP) is 3.96. The van der Waals surface area contributed by atoms with E-state index in [1.807, 2.05) is 30.3 Å². The number of halogens is 1. The lowest BCUT2D eigenvalue weighted by Crippen LogP contribution is -2.23. The van der Waals surface area contributed by atoms with Gasteiger partial charge >= 0.3 is 0 Å². The van der Waals surface area contributed by atoms with Crippen LogP contribution in [0.15, 0.2) is 65.5 Å². The third kappa shape index (κ3) is 3.72. The number of ether oxygens (including phenoxy) is 1. The van der Waals surface area contributed by atoms with Crippen LogP contribution in [-0.2, 0) is 0 Å². The fraction of sp³-hybridized carbons (Fsp3) is 0.0526. The Morgan fingerprint density at radius 3 is 2.52 bits per heavy atom. The minimum absolute atomic E-state index is 0.00158. The Balaban J connectivity index is 1.89. The third-order valence-electron chi connectivity index (χ3n) is 3.65. The number of aromatic nitrogens is 1. The van der Waals surface area contributed by atoms with Gasteiger partial charge in [-0.2, -0.15) is 0 Å². The molecule has 0 spiro atoms. The molecule has 25 heavy (non-hydrogen) atoms. The molecule has 2 aromatic carbocycles. The fourth-order valence-corrected chi connectivity index (χ4v) is 2.58. The number of anilines is 1. The van der Waals surface area contributed by atoms with Gasteiger partial charge in [-0.25, -0.2) is 0 Å². The predicted molar refractivity (Wildman–Crippen MR) is 98.5 cm³/mol. The van der Waals surface area contributed by atoms with E-state index in [0.717, 1.165) is 5.56 Å². The Morgan fingerprint density at radius 1 is 1.08 bits per heavy atom. The van der Waals surface area contributed by atoms with Crippen molar-refractivity contribution in [2.45, 2.75) is 0 Å². The number of pyridine rings is 1. The van der Waals surface area contributed by atoms with E-state index in [0.29, 0.717) is 22.2 Å². The summed E-state index contributed by atoms with van der Waals surface area (Å²) in [5, 5.41) is 3.10. The quantitative estimate of drug-likeness (QED) is 0.745. The second kappa shape index (κ2) is 7.23. The molecule has 2 N–H and O–H groups in total. The normalized spacial score (nSPS) is 10.3. The van der Waals surface area contributed by atoms with Crippen LogP contribution in [0.25, 0.3) is 11.3 Å². The Kier molecular flexibility index (Phi) is 4.86. The van der Waals surface area contributed by atoms with Crippen molar-refractivity contribution in [3.8, 4) is 17.0 Å². The average molecular weight is 355 g/mol. The van der Waals surface area contributed by atoms with E-state index in [1.165, 1.54) is 13.2 Å². The zero-order valence-corrected chi connectivity index (χ0v) is 14.1. The summed E-state index contributed by atoms with van der Waals surface area (Å²) >= 11 is 5.95. The summed E-state index contributed by atoms with van der Waals surface area (Å²) in [6.07, 6.45) is 0. The maximum absolute atomic E-state index is 12.4. The maximum Gasteiger partial charge on any atom is 0.261 e. The first-order valence-corrected chi connectivity index (χ1v) is 7.90. The number of aromatic amines is 1. The zero-order valence-electron chi connectivity index (χ0n) is 13.4. The summed E-state index contributed by atoms with van der Waals surface area (Å²) in [6, 6.07) is 17.4. The van der Waals surface area contributed by atoms with Crippen LogP contribution in [0, 0.1) is 0 Å². The summed E-state index contributed by atoms with van der Waals surface area (Å²) in [7, 11) is 1.49. The lowest BCUT2D eigenvalue weighted by atomic mass is 10.1. The number of hydrogen-bond acceptors (Lipinski definition) is 3. The molecule has 3 aromatic rings. The molecule has 0 radical (unpaired) electrons. The van der Waals surface area contributed by atoms with Crippen LogP contribution >= 0.6 is 11.6 Å². The molecule has 0 aliphatic heterocycles. The molecular formula is C19H15ClN2O3. The largest absolute Gasteiger partial charge is 0.495 e. The standard InChI is InChI=1S/C19H15ClN2O3/c1-25-17-10-7-13(20)11-16(17)22-19(24)14-8-9-15(21-18(14)23)12-5-3-2-4-6-12/h2-11H,1H3,(H,21,23)(H,22,24). The first-order valence-electron chi connectivity index (χ1n) is 7.52. The second-order valence-corrected chi connectivity index (χ2v) is 5.72. The molecule has 1 aromatic heterocycles. The number of rotatable bonds is 4. The van der Waals surface area contributed by atoms with E-state index in [9.17, 15) is 9.59 Å². The summed E-state index contributed by atoms with van der Waals surface area (Å²) in [4.78, 5) is 27.5. The van der Waals surface area contributed by atoms with Gasteiger partial charge in [0.15, 0.2) is 0 Å². The van der Waals surface area contributed by atoms with Gasteiger partial charge in [0.05, 0.1) is 12.8 Å². The van der Waals surface area contributed by atoms with Crippen molar-refractivity contribution in [2.24, 2.45) is 0 Å². The molecular weight excluding hydrogens is 340 g/mol. The van der Waals surface area contributed by atoms with Gasteiger partial charge in [0, 0.05) is 10.7 Å². The number of amides is 1. The lowest BCUT2D eigenvalue weighted by Gasteiger charge is -2.10. The van der Waals surface area contributed by atoms with Crippen molar-refractivity contribution in [3.63, 3.8) is 0 Å². The van der Waals surface area contributed by atoms with Crippen molar-refractivity contribution in [2.75, 3.05) is 12.4 Å². The fourth-order valence-electron chi connectivity index (χ4n) is 2.41. The Labute approximate surface area is 149 Å². The highest BCUT2D eigenvalue weighted by Crippen LogP contribution is 2.28. The smallest absolute Gasteiger partial charge is 0.261 e. The molecule has 1 heterocycles. The molecule has 126 valence electrons. The summed E-state index contributed by atoms with van der Waals surface area (Å²) in [5.41, 5.74) is 1.43. The molecule has 3 rings (SSSR count). The number of benzene rings is 2. The van der Waals surface area contributed by atoms with Crippen LogP contribution in [-0.4, -0.2) is 18.0 Å². The number of hydrogen-bond donors (Lipinski definition) is 2. The number of carbonyl (C=O) groups excluding carboxylic acids is 1. The van der Waals surface area contributed by atoms with Crippen LogP contribution < -0.4 is 15.6 Å². The third-order valence-corrected chi connectivity index (χ3v) is 3.88. The molecule has 0 unspecified atom stereocenters. The number of H-pyrrole nitrogens is 1. The maximum atomic E-state index is 12.4. The van der Waals surface area contributed by atoms with Gasteiger partial charge < -0.3 is 15.0 Å². The van der Waals surface area contributed by atoms with Crippen molar-refractivity contribution in [3.05, 3.63) is 81.6 Å². The topological polar surface area (TPSA) is 71.2 Å². The summed E-state index contributed by atoms with van der Waals surface area (Å²) in [6.45, 7) is 0. The van der Waals surface area contributed by atoms with Crippen LogP contribution in [0.3, 0.4) is 0 Å². The van der Waals surface area contributed by atoms with Gasteiger partial charge in [-0.1, -0.05) is 41.9 Å². The second-order valence-electron chi connectivity index (χ2n) is 5.28. The minimum Gasteiger partial charge on any atom is -0.495 e. The highest BCUT2D eigenvalue weighted by atomic mass is 35.5. The van der Waals surface area contributed by atoms with Gasteiger partial charge in [-0.05, 0) is 35.9 Å². The molecule has 5 nitrogen and oxygen atoms in total. The van der Waals surface area contributed by atoms with Crippen molar-refractivity contribution in [1.29, 1.82) is 0 Å². The molecule has 0 atom stereocenters. The Bertz CT molecular complexity index is 968. The summed E-state index contributed by atoms with van der Waals surface area (Å²) in [5.74, 6) is -0.0866. The molecule has 0 aliphatic carbocycles. The van der Waals surface area contributed by atoms with Gasteiger partial charge in [0.2, 0.25) is 0 Å². The molecule has 0 saturated carbocycles. The van der Waals surface area contributed by atoms with Crippen molar-refractivity contribution < 1.29 is 9.53 Å². The highest BCUT2D eigenvalue weighted by molar-refractivity contribution is 6.31. The SMILES string of the molecule is COc1ccc(Cl)cc1NC(=O)c1ccc(-c2ccccc2)[nH]c1=O. The highest BCUT2D eigenvalue weighted by Gasteiger charge is 2.14. The first kappa shape index (κ1) is 16.8. The van der Waals surface area contributed by atoms with Crippen LogP contribution in [0.5, 0.6) is 5.75 Å². The van der Waals surface area contributed by atoms with E-state index in [2.05, 4.69) is 10.3 Å². The van der Waals surface area contributed by atoms with Crippen LogP contribution in [0.4, 0.5) is 5.69 Å². The van der Waals surface area contributed by atoms with E-state index in [1.54, 1.807) is 24.3 Å². The molecule has 6 heteroatoms. The van der Waals surface area contributed by atoms with Gasteiger partial charge in [0.1, 0.15) is 11.3 Å². The number of nitrogens with one attached hydrogen (secondary N) is 2. The Morgan fingerprint density at radius 2 is 1.84 bits per heavy atom. The van der Waals surface area contributed by atoms with E-state index in [4.69, 9.17) is 16.3 Å². The van der Waals surface area contributed by atoms with E-state index < -0.39 is 11.5 Å². The zero-order chi connectivity index (χ0) is 17.8. The van der Waals surface area contributed by atoms with Gasteiger partial charge in [-0.3, -0.25) is 9.59 Å².